The van der Waals surface area contributed by atoms with Crippen LogP contribution in [0.2, 0.25) is 0 Å². The Kier molecular flexibility index (Phi) is 4.22. The molecular formula is C18H22BClO2Si. The minimum Gasteiger partial charge on any atom is -0.405 e. The highest BCUT2D eigenvalue weighted by atomic mass is 35.6. The Morgan fingerprint density at radius 3 is 1.43 bits per heavy atom. The molecule has 0 aromatic heterocycles. The van der Waals surface area contributed by atoms with Crippen molar-refractivity contribution in [3.8, 4) is 0 Å². The maximum Gasteiger partial charge on any atom is 0.464 e. The highest BCUT2D eigenvalue weighted by Gasteiger charge is 2.62. The van der Waals surface area contributed by atoms with Crippen LogP contribution in [-0.4, -0.2) is 25.2 Å². The van der Waals surface area contributed by atoms with Gasteiger partial charge in [0, 0.05) is 0 Å². The molecule has 120 valence electrons. The molecule has 0 amide bonds. The quantitative estimate of drug-likeness (QED) is 0.629. The van der Waals surface area contributed by atoms with Gasteiger partial charge in [0.15, 0.2) is 0 Å². The van der Waals surface area contributed by atoms with E-state index in [1.165, 1.54) is 0 Å². The molecule has 0 N–H and O–H groups in total. The van der Waals surface area contributed by atoms with Crippen LogP contribution < -0.4 is 10.4 Å². The summed E-state index contributed by atoms with van der Waals surface area (Å²) in [7, 11) is -2.72. The van der Waals surface area contributed by atoms with Crippen molar-refractivity contribution >= 4 is 35.4 Å². The molecule has 1 saturated heterocycles. The summed E-state index contributed by atoms with van der Waals surface area (Å²) in [5.74, 6) is 0. The first kappa shape index (κ1) is 16.8. The van der Waals surface area contributed by atoms with E-state index in [0.717, 1.165) is 10.4 Å². The molecule has 1 aliphatic heterocycles. The van der Waals surface area contributed by atoms with Gasteiger partial charge >= 0.3 is 6.71 Å². The zero-order valence-electron chi connectivity index (χ0n) is 14.0. The zero-order chi connectivity index (χ0) is 16.7. The van der Waals surface area contributed by atoms with Crippen molar-refractivity contribution in [1.82, 2.24) is 0 Å². The summed E-state index contributed by atoms with van der Waals surface area (Å²) in [6, 6.07) is 20.4. The van der Waals surface area contributed by atoms with Gasteiger partial charge in [0.25, 0.3) is 7.25 Å². The number of rotatable bonds is 3. The first-order chi connectivity index (χ1) is 10.8. The Labute approximate surface area is 144 Å². The second kappa shape index (κ2) is 5.78. The normalized spacial score (nSPS) is 19.8. The lowest BCUT2D eigenvalue weighted by atomic mass is 9.90. The molecule has 0 radical (unpaired) electrons. The van der Waals surface area contributed by atoms with Gasteiger partial charge in [0.05, 0.1) is 11.2 Å². The van der Waals surface area contributed by atoms with Crippen LogP contribution in [0.4, 0.5) is 0 Å². The lowest BCUT2D eigenvalue weighted by Gasteiger charge is -2.32. The number of halogens is 1. The minimum absolute atomic E-state index is 0.394. The van der Waals surface area contributed by atoms with Crippen LogP contribution in [0.3, 0.4) is 0 Å². The Hall–Kier alpha value is -1.07. The maximum atomic E-state index is 7.34. The van der Waals surface area contributed by atoms with Crippen LogP contribution in [0.15, 0.2) is 60.7 Å². The topological polar surface area (TPSA) is 18.5 Å². The van der Waals surface area contributed by atoms with E-state index >= 15 is 0 Å². The van der Waals surface area contributed by atoms with Crippen molar-refractivity contribution in [1.29, 1.82) is 0 Å². The van der Waals surface area contributed by atoms with E-state index in [4.69, 9.17) is 20.4 Å². The van der Waals surface area contributed by atoms with E-state index in [1.807, 2.05) is 36.4 Å². The Balaban J connectivity index is 2.12. The predicted octanol–water partition coefficient (Wildman–Crippen LogP) is 3.16. The van der Waals surface area contributed by atoms with Crippen molar-refractivity contribution in [2.24, 2.45) is 0 Å². The van der Waals surface area contributed by atoms with Crippen molar-refractivity contribution < 1.29 is 9.31 Å². The Bertz CT molecular complexity index is 620. The number of hydrogen-bond donors (Lipinski definition) is 0. The van der Waals surface area contributed by atoms with Crippen LogP contribution in [0.5, 0.6) is 0 Å². The molecule has 23 heavy (non-hydrogen) atoms. The van der Waals surface area contributed by atoms with Gasteiger partial charge < -0.3 is 9.31 Å². The first-order valence-electron chi connectivity index (χ1n) is 7.93. The Morgan fingerprint density at radius 1 is 0.739 bits per heavy atom. The Morgan fingerprint density at radius 2 is 1.09 bits per heavy atom. The van der Waals surface area contributed by atoms with Crippen LogP contribution in [0.1, 0.15) is 27.7 Å². The fraction of sp³-hybridized carbons (Fsp3) is 0.333. The highest BCUT2D eigenvalue weighted by molar-refractivity contribution is 7.60. The molecule has 0 saturated carbocycles. The number of benzene rings is 2. The van der Waals surface area contributed by atoms with E-state index in [-0.39, 0.29) is 0 Å². The van der Waals surface area contributed by atoms with E-state index < -0.39 is 25.2 Å². The van der Waals surface area contributed by atoms with Gasteiger partial charge in [-0.2, -0.15) is 11.1 Å². The standard InChI is InChI=1S/C18H22BClO2Si/c1-17(2)18(3,4)22-19(21-17)23(20,15-11-7-5-8-12-15)16-13-9-6-10-14-16/h5-14H,1-4H3. The zero-order valence-corrected chi connectivity index (χ0v) is 15.8. The van der Waals surface area contributed by atoms with Gasteiger partial charge in [-0.3, -0.25) is 0 Å². The van der Waals surface area contributed by atoms with E-state index in [0.29, 0.717) is 0 Å². The molecule has 2 nitrogen and oxygen atoms in total. The van der Waals surface area contributed by atoms with E-state index in [9.17, 15) is 0 Å². The number of hydrogen-bond acceptors (Lipinski definition) is 2. The molecule has 1 aliphatic rings. The molecule has 0 bridgehead atoms. The molecule has 0 atom stereocenters. The van der Waals surface area contributed by atoms with Crippen LogP contribution in [0.25, 0.3) is 0 Å². The summed E-state index contributed by atoms with van der Waals surface area (Å²) in [5, 5.41) is 2.21. The van der Waals surface area contributed by atoms with Crippen molar-refractivity contribution in [2.45, 2.75) is 38.9 Å². The highest BCUT2D eigenvalue weighted by Crippen LogP contribution is 2.39. The lowest BCUT2D eigenvalue weighted by molar-refractivity contribution is 0.00578. The van der Waals surface area contributed by atoms with Crippen LogP contribution in [-0.2, 0) is 9.31 Å². The minimum atomic E-state index is -2.72. The molecule has 0 unspecified atom stereocenters. The van der Waals surface area contributed by atoms with Gasteiger partial charge in [-0.15, -0.1) is 0 Å². The van der Waals surface area contributed by atoms with Crippen molar-refractivity contribution in [3.63, 3.8) is 0 Å². The largest absolute Gasteiger partial charge is 0.464 e. The molecule has 1 heterocycles. The third kappa shape index (κ3) is 2.78. The van der Waals surface area contributed by atoms with Gasteiger partial charge in [-0.25, -0.2) is 0 Å². The maximum absolute atomic E-state index is 7.34. The van der Waals surface area contributed by atoms with E-state index in [2.05, 4.69) is 52.0 Å². The van der Waals surface area contributed by atoms with Gasteiger partial charge in [0.1, 0.15) is 0 Å². The molecule has 3 rings (SSSR count). The molecule has 2 aromatic carbocycles. The first-order valence-corrected chi connectivity index (χ1v) is 11.0. The molecule has 0 aliphatic carbocycles. The second-order valence-electron chi connectivity index (χ2n) is 7.03. The third-order valence-corrected chi connectivity index (χ3v) is 10.0. The summed E-state index contributed by atoms with van der Waals surface area (Å²) in [4.78, 5) is 0. The van der Waals surface area contributed by atoms with Crippen molar-refractivity contribution in [3.05, 3.63) is 60.7 Å². The molecule has 0 spiro atoms. The summed E-state index contributed by atoms with van der Waals surface area (Å²) in [6.07, 6.45) is 0. The van der Waals surface area contributed by atoms with Crippen LogP contribution >= 0.6 is 11.1 Å². The predicted molar refractivity (Wildman–Crippen MR) is 99.8 cm³/mol. The molecule has 1 fully saturated rings. The third-order valence-electron chi connectivity index (χ3n) is 4.97. The van der Waals surface area contributed by atoms with Crippen LogP contribution in [0, 0.1) is 0 Å². The summed E-state index contributed by atoms with van der Waals surface area (Å²) in [5.41, 5.74) is -0.789. The van der Waals surface area contributed by atoms with E-state index in [1.54, 1.807) is 0 Å². The lowest BCUT2D eigenvalue weighted by Crippen LogP contribution is -2.66. The van der Waals surface area contributed by atoms with Crippen molar-refractivity contribution in [2.75, 3.05) is 0 Å². The van der Waals surface area contributed by atoms with Gasteiger partial charge in [0.2, 0.25) is 0 Å². The summed E-state index contributed by atoms with van der Waals surface area (Å²) < 4.78 is 12.7. The van der Waals surface area contributed by atoms with Gasteiger partial charge in [-0.05, 0) is 38.1 Å². The average Bonchev–Trinajstić information content (AvgIpc) is 2.76. The fourth-order valence-electron chi connectivity index (χ4n) is 2.81. The SMILES string of the molecule is CC1(C)OB([Si](Cl)(c2ccccc2)c2ccccc2)OC1(C)C. The van der Waals surface area contributed by atoms with Gasteiger partial charge in [-0.1, -0.05) is 60.7 Å². The monoisotopic (exact) mass is 344 g/mol. The second-order valence-corrected chi connectivity index (χ2v) is 11.9. The molecule has 5 heteroatoms. The summed E-state index contributed by atoms with van der Waals surface area (Å²) in [6.45, 7) is 7.83. The fourth-order valence-corrected chi connectivity index (χ4v) is 6.98. The molecular weight excluding hydrogens is 323 g/mol. The smallest absolute Gasteiger partial charge is 0.405 e. The average molecular weight is 345 g/mol. The summed E-state index contributed by atoms with van der Waals surface area (Å²) >= 11 is 7.34. The molecule has 2 aromatic rings.